The van der Waals surface area contributed by atoms with Gasteiger partial charge in [-0.1, -0.05) is 41.9 Å². The van der Waals surface area contributed by atoms with Crippen molar-refractivity contribution in [3.05, 3.63) is 58.9 Å². The summed E-state index contributed by atoms with van der Waals surface area (Å²) in [5.41, 5.74) is 8.09. The second kappa shape index (κ2) is 4.81. The number of hydrogen-bond donors (Lipinski definition) is 1. The summed E-state index contributed by atoms with van der Waals surface area (Å²) in [5.74, 6) is -0.988. The van der Waals surface area contributed by atoms with E-state index >= 15 is 0 Å². The van der Waals surface area contributed by atoms with Crippen molar-refractivity contribution in [2.75, 3.05) is 18.9 Å². The van der Waals surface area contributed by atoms with Crippen LogP contribution in [0.5, 0.6) is 0 Å². The van der Waals surface area contributed by atoms with Gasteiger partial charge in [-0.05, 0) is 6.07 Å². The fourth-order valence-electron chi connectivity index (χ4n) is 2.27. The van der Waals surface area contributed by atoms with E-state index in [0.29, 0.717) is 29.6 Å². The summed E-state index contributed by atoms with van der Waals surface area (Å²) >= 11 is 5.97. The first-order valence-corrected chi connectivity index (χ1v) is 6.35. The van der Waals surface area contributed by atoms with Crippen LogP contribution in [-0.4, -0.2) is 18.2 Å². The Morgan fingerprint density at radius 1 is 1.16 bits per heavy atom. The van der Waals surface area contributed by atoms with E-state index in [1.165, 1.54) is 6.20 Å². The van der Waals surface area contributed by atoms with Crippen LogP contribution in [0, 0.1) is 0 Å². The molecular formula is C14H13ClN2O2. The summed E-state index contributed by atoms with van der Waals surface area (Å²) in [5, 5.41) is 0.360. The number of aromatic nitrogens is 1. The second-order valence-corrected chi connectivity index (χ2v) is 4.66. The second-order valence-electron chi connectivity index (χ2n) is 4.27. The van der Waals surface area contributed by atoms with Gasteiger partial charge in [0.05, 0.1) is 25.1 Å². The minimum Gasteiger partial charge on any atom is -0.397 e. The van der Waals surface area contributed by atoms with E-state index in [1.54, 1.807) is 6.07 Å². The lowest BCUT2D eigenvalue weighted by Crippen LogP contribution is -2.29. The minimum atomic E-state index is -0.988. The Bertz CT molecular complexity index is 583. The summed E-state index contributed by atoms with van der Waals surface area (Å²) in [4.78, 5) is 3.96. The molecule has 4 nitrogen and oxygen atoms in total. The molecule has 0 saturated carbocycles. The summed E-state index contributed by atoms with van der Waals surface area (Å²) in [6.07, 6.45) is 1.52. The number of halogens is 1. The molecule has 2 heterocycles. The van der Waals surface area contributed by atoms with Crippen LogP contribution in [-0.2, 0) is 15.3 Å². The van der Waals surface area contributed by atoms with Crippen molar-refractivity contribution in [2.24, 2.45) is 0 Å². The van der Waals surface area contributed by atoms with Crippen LogP contribution in [0.1, 0.15) is 11.1 Å². The van der Waals surface area contributed by atoms with Gasteiger partial charge in [0.25, 0.3) is 0 Å². The SMILES string of the molecule is Nc1cnc(Cl)cc1C1(c2ccccc2)OCCO1. The van der Waals surface area contributed by atoms with Gasteiger partial charge < -0.3 is 15.2 Å². The van der Waals surface area contributed by atoms with Crippen molar-refractivity contribution in [2.45, 2.75) is 5.79 Å². The number of nitrogen functional groups attached to an aromatic ring is 1. The molecular weight excluding hydrogens is 264 g/mol. The first kappa shape index (κ1) is 12.4. The third-order valence-electron chi connectivity index (χ3n) is 3.10. The molecule has 5 heteroatoms. The number of rotatable bonds is 2. The monoisotopic (exact) mass is 276 g/mol. The standard InChI is InChI=1S/C14H13ClN2O2/c15-13-8-11(12(16)9-17-13)14(18-6-7-19-14)10-4-2-1-3-5-10/h1-5,8-9H,6-7,16H2. The highest BCUT2D eigenvalue weighted by atomic mass is 35.5. The van der Waals surface area contributed by atoms with Gasteiger partial charge in [-0.15, -0.1) is 0 Å². The molecule has 0 amide bonds. The number of benzene rings is 1. The summed E-state index contributed by atoms with van der Waals surface area (Å²) in [7, 11) is 0. The highest BCUT2D eigenvalue weighted by molar-refractivity contribution is 6.29. The predicted molar refractivity (Wildman–Crippen MR) is 72.8 cm³/mol. The van der Waals surface area contributed by atoms with Gasteiger partial charge in [-0.2, -0.15) is 0 Å². The molecule has 1 aromatic heterocycles. The van der Waals surface area contributed by atoms with Gasteiger partial charge in [-0.25, -0.2) is 4.98 Å². The summed E-state index contributed by atoms with van der Waals surface area (Å²) in [6.45, 7) is 1.02. The number of hydrogen-bond acceptors (Lipinski definition) is 4. The fourth-order valence-corrected chi connectivity index (χ4v) is 2.43. The van der Waals surface area contributed by atoms with Crippen molar-refractivity contribution < 1.29 is 9.47 Å². The van der Waals surface area contributed by atoms with Crippen molar-refractivity contribution in [3.63, 3.8) is 0 Å². The highest BCUT2D eigenvalue weighted by Crippen LogP contribution is 2.41. The van der Waals surface area contributed by atoms with Crippen LogP contribution >= 0.6 is 11.6 Å². The maximum Gasteiger partial charge on any atom is 0.224 e. The van der Waals surface area contributed by atoms with Crippen LogP contribution in [0.3, 0.4) is 0 Å². The van der Waals surface area contributed by atoms with E-state index in [2.05, 4.69) is 4.98 Å². The maximum atomic E-state index is 6.01. The maximum absolute atomic E-state index is 6.01. The highest BCUT2D eigenvalue weighted by Gasteiger charge is 2.42. The predicted octanol–water partition coefficient (Wildman–Crippen LogP) is 2.57. The molecule has 0 atom stereocenters. The van der Waals surface area contributed by atoms with E-state index in [1.807, 2.05) is 30.3 Å². The molecule has 98 valence electrons. The largest absolute Gasteiger partial charge is 0.397 e. The van der Waals surface area contributed by atoms with Crippen LogP contribution in [0.2, 0.25) is 5.15 Å². The summed E-state index contributed by atoms with van der Waals surface area (Å²) in [6, 6.07) is 11.4. The average Bonchev–Trinajstić information content (AvgIpc) is 2.93. The number of anilines is 1. The molecule has 1 aliphatic rings. The fraction of sp³-hybridized carbons (Fsp3) is 0.214. The van der Waals surface area contributed by atoms with Crippen molar-refractivity contribution >= 4 is 17.3 Å². The Balaban J connectivity index is 2.19. The van der Waals surface area contributed by atoms with Crippen molar-refractivity contribution in [1.29, 1.82) is 0 Å². The molecule has 2 N–H and O–H groups in total. The van der Waals surface area contributed by atoms with E-state index in [9.17, 15) is 0 Å². The third kappa shape index (κ3) is 2.08. The molecule has 0 radical (unpaired) electrons. The lowest BCUT2D eigenvalue weighted by atomic mass is 9.97. The number of nitrogens with zero attached hydrogens (tertiary/aromatic N) is 1. The molecule has 0 unspecified atom stereocenters. The normalized spacial score (nSPS) is 17.5. The quantitative estimate of drug-likeness (QED) is 0.857. The van der Waals surface area contributed by atoms with Crippen LogP contribution < -0.4 is 5.73 Å². The first-order chi connectivity index (χ1) is 9.22. The van der Waals surface area contributed by atoms with Gasteiger partial charge in [0.2, 0.25) is 5.79 Å². The van der Waals surface area contributed by atoms with Gasteiger partial charge in [0, 0.05) is 11.1 Å². The molecule has 0 spiro atoms. The number of nitrogens with two attached hydrogens (primary N) is 1. The van der Waals surface area contributed by atoms with Gasteiger partial charge in [-0.3, -0.25) is 0 Å². The Morgan fingerprint density at radius 2 is 1.84 bits per heavy atom. The van der Waals surface area contributed by atoms with E-state index in [-0.39, 0.29) is 0 Å². The van der Waals surface area contributed by atoms with Crippen molar-refractivity contribution in [1.82, 2.24) is 4.98 Å². The molecule has 1 aliphatic heterocycles. The Labute approximate surface area is 116 Å². The average molecular weight is 277 g/mol. The molecule has 1 saturated heterocycles. The molecule has 0 aliphatic carbocycles. The zero-order chi connectivity index (χ0) is 13.3. The van der Waals surface area contributed by atoms with Gasteiger partial charge >= 0.3 is 0 Å². The molecule has 1 fully saturated rings. The molecule has 19 heavy (non-hydrogen) atoms. The van der Waals surface area contributed by atoms with Gasteiger partial charge in [0.15, 0.2) is 0 Å². The topological polar surface area (TPSA) is 57.4 Å². The molecule has 0 bridgehead atoms. The third-order valence-corrected chi connectivity index (χ3v) is 3.31. The van der Waals surface area contributed by atoms with E-state index in [0.717, 1.165) is 5.56 Å². The summed E-state index contributed by atoms with van der Waals surface area (Å²) < 4.78 is 11.7. The molecule has 2 aromatic rings. The number of pyridine rings is 1. The Kier molecular flexibility index (Phi) is 3.14. The molecule has 3 rings (SSSR count). The van der Waals surface area contributed by atoms with Gasteiger partial charge in [0.1, 0.15) is 5.15 Å². The Morgan fingerprint density at radius 3 is 2.53 bits per heavy atom. The van der Waals surface area contributed by atoms with E-state index < -0.39 is 5.79 Å². The first-order valence-electron chi connectivity index (χ1n) is 5.97. The lowest BCUT2D eigenvalue weighted by molar-refractivity contribution is -0.129. The zero-order valence-corrected chi connectivity index (χ0v) is 10.9. The van der Waals surface area contributed by atoms with E-state index in [4.69, 9.17) is 26.8 Å². The molecule has 1 aromatic carbocycles. The van der Waals surface area contributed by atoms with Crippen LogP contribution in [0.4, 0.5) is 5.69 Å². The lowest BCUT2D eigenvalue weighted by Gasteiger charge is -2.29. The zero-order valence-electron chi connectivity index (χ0n) is 10.2. The van der Waals surface area contributed by atoms with Crippen LogP contribution in [0.15, 0.2) is 42.6 Å². The van der Waals surface area contributed by atoms with Crippen LogP contribution in [0.25, 0.3) is 0 Å². The number of ether oxygens (including phenoxy) is 2. The minimum absolute atomic E-state index is 0.360. The van der Waals surface area contributed by atoms with Crippen molar-refractivity contribution in [3.8, 4) is 0 Å². The smallest absolute Gasteiger partial charge is 0.224 e. The Hall–Kier alpha value is -1.62.